The van der Waals surface area contributed by atoms with Gasteiger partial charge in [0.25, 0.3) is 0 Å². The van der Waals surface area contributed by atoms with E-state index in [9.17, 15) is 29.7 Å². The van der Waals surface area contributed by atoms with E-state index in [0.29, 0.717) is 186 Å². The lowest BCUT2D eigenvalue weighted by atomic mass is 9.83. The molecule has 0 saturated heterocycles. The highest BCUT2D eigenvalue weighted by atomic mass is 32.2. The van der Waals surface area contributed by atoms with Crippen molar-refractivity contribution < 1.29 is 86.5 Å². The number of benzene rings is 3. The number of ether oxygens (including phenoxy) is 12. The predicted molar refractivity (Wildman–Crippen MR) is 386 cm³/mol. The second-order valence-corrected chi connectivity index (χ2v) is 41.5. The van der Waals surface area contributed by atoms with E-state index in [0.717, 1.165) is 46.1 Å². The molecule has 524 valence electrons. The Bertz CT molecular complexity index is 2650. The highest BCUT2D eigenvalue weighted by Crippen LogP contribution is 2.77. The van der Waals surface area contributed by atoms with Crippen LogP contribution in [0.2, 0.25) is 0 Å². The lowest BCUT2D eigenvalue weighted by Crippen LogP contribution is -2.23. The molecule has 0 radical (unpaired) electrons. The van der Waals surface area contributed by atoms with Crippen molar-refractivity contribution in [1.29, 1.82) is 0 Å². The first-order chi connectivity index (χ1) is 45.3. The third-order valence-electron chi connectivity index (χ3n) is 17.3. The standard InChI is InChI=1S/C64H88O18S12/c1-71-25-13-59(14-26-72-2)83-44-38(45-51(41(56(65)66)50(44)89-59)90-60(84-45,15-27-73-3)16-28-74-4)37(39-46-52(91-61(85-46,17-29-75-5)18-30-76-6)42(57(67)68)53-47(39)86-62(92-53,19-31-77-7)20-32-78-8)40-48-54(93-63(87-48,21-33-79-9)22-34-80-10)43(58(69)70)55-49(40)88-64(94-55,23-35-81-11)24-36-82-12/h37H,13-36H2,1-12H3,(H,65,66)(H,67,68)(H,69,70). The van der Waals surface area contributed by atoms with Crippen molar-refractivity contribution in [3.8, 4) is 0 Å². The zero-order chi connectivity index (χ0) is 67.6. The summed E-state index contributed by atoms with van der Waals surface area (Å²) in [5.41, 5.74) is 3.34. The van der Waals surface area contributed by atoms with Crippen LogP contribution in [0.1, 0.15) is 131 Å². The van der Waals surface area contributed by atoms with Gasteiger partial charge in [0.05, 0.1) is 41.2 Å². The maximum atomic E-state index is 14.9. The van der Waals surface area contributed by atoms with E-state index in [-0.39, 0.29) is 16.7 Å². The fourth-order valence-corrected chi connectivity index (χ4v) is 33.4. The Kier molecular flexibility index (Phi) is 28.9. The average Bonchev–Trinajstić information content (AvgIpc) is 1.49. The van der Waals surface area contributed by atoms with Crippen molar-refractivity contribution in [2.45, 2.75) is 166 Å². The summed E-state index contributed by atoms with van der Waals surface area (Å²) in [6.45, 7) is 4.55. The Morgan fingerprint density at radius 1 is 0.245 bits per heavy atom. The number of thioether (sulfide) groups is 12. The van der Waals surface area contributed by atoms with Gasteiger partial charge >= 0.3 is 17.9 Å². The first-order valence-corrected chi connectivity index (χ1v) is 40.7. The number of hydrogen-bond acceptors (Lipinski definition) is 27. The zero-order valence-corrected chi connectivity index (χ0v) is 65.2. The minimum atomic E-state index is -1.05. The summed E-state index contributed by atoms with van der Waals surface area (Å²) in [5.74, 6) is -4.01. The Hall–Kier alpha value is -0.210. The van der Waals surface area contributed by atoms with Gasteiger partial charge in [-0.25, -0.2) is 14.4 Å². The number of carboxylic acid groups (broad SMARTS) is 3. The molecule has 6 aliphatic rings. The largest absolute Gasteiger partial charge is 0.478 e. The Balaban J connectivity index is 1.58. The molecule has 6 aliphatic heterocycles. The van der Waals surface area contributed by atoms with E-state index in [1.54, 1.807) is 226 Å². The second kappa shape index (κ2) is 34.8. The van der Waals surface area contributed by atoms with E-state index >= 15 is 0 Å². The maximum absolute atomic E-state index is 14.9. The number of aromatic carboxylic acids is 3. The van der Waals surface area contributed by atoms with Crippen molar-refractivity contribution in [2.24, 2.45) is 0 Å². The van der Waals surface area contributed by atoms with Crippen LogP contribution in [-0.2, 0) is 56.8 Å². The van der Waals surface area contributed by atoms with Crippen molar-refractivity contribution in [3.63, 3.8) is 0 Å². The molecule has 0 bridgehead atoms. The van der Waals surface area contributed by atoms with Gasteiger partial charge in [-0.1, -0.05) is 0 Å². The Labute approximate surface area is 604 Å². The topological polar surface area (TPSA) is 223 Å². The van der Waals surface area contributed by atoms with Crippen molar-refractivity contribution >= 4 is 159 Å². The summed E-state index contributed by atoms with van der Waals surface area (Å²) >= 11 is 19.5. The number of hydrogen-bond donors (Lipinski definition) is 3. The van der Waals surface area contributed by atoms with Gasteiger partial charge in [0.2, 0.25) is 0 Å². The number of carbonyl (C=O) groups is 3. The van der Waals surface area contributed by atoms with Crippen molar-refractivity contribution in [1.82, 2.24) is 0 Å². The van der Waals surface area contributed by atoms with Crippen LogP contribution in [0.25, 0.3) is 0 Å². The van der Waals surface area contributed by atoms with Crippen LogP contribution in [0.15, 0.2) is 58.7 Å². The first kappa shape index (κ1) is 77.9. The van der Waals surface area contributed by atoms with Gasteiger partial charge in [0.1, 0.15) is 0 Å². The van der Waals surface area contributed by atoms with E-state index in [1.807, 2.05) is 0 Å². The van der Waals surface area contributed by atoms with Crippen LogP contribution in [0.3, 0.4) is 0 Å². The molecule has 0 amide bonds. The minimum absolute atomic E-state index is 0.224. The number of fused-ring (bicyclic) bond motifs is 6. The normalized spacial score (nSPS) is 18.6. The molecule has 6 heterocycles. The summed E-state index contributed by atoms with van der Waals surface area (Å²) in [7, 11) is 20.2. The van der Waals surface area contributed by atoms with Crippen molar-refractivity contribution in [3.05, 3.63) is 33.4 Å². The highest BCUT2D eigenvalue weighted by molar-refractivity contribution is 8.23. The molecule has 0 fully saturated rings. The molecule has 18 nitrogen and oxygen atoms in total. The molecular weight excluding hydrogens is 1440 g/mol. The van der Waals surface area contributed by atoms with Crippen LogP contribution in [0, 0.1) is 0 Å². The zero-order valence-electron chi connectivity index (χ0n) is 55.4. The van der Waals surface area contributed by atoms with Crippen LogP contribution in [0.5, 0.6) is 0 Å². The van der Waals surface area contributed by atoms with Gasteiger partial charge in [0, 0.05) is 229 Å². The number of carboxylic acids is 3. The molecule has 30 heteroatoms. The van der Waals surface area contributed by atoms with E-state index in [4.69, 9.17) is 56.8 Å². The molecule has 0 aromatic heterocycles. The molecule has 3 aromatic carbocycles. The van der Waals surface area contributed by atoms with Crippen LogP contribution < -0.4 is 0 Å². The summed E-state index contributed by atoms with van der Waals surface area (Å²) in [6, 6.07) is 0. The molecule has 94 heavy (non-hydrogen) atoms. The molecule has 0 unspecified atom stereocenters. The predicted octanol–water partition coefficient (Wildman–Crippen LogP) is 15.8. The van der Waals surface area contributed by atoms with Crippen LogP contribution in [-0.4, -0.2) is 222 Å². The fourth-order valence-electron chi connectivity index (χ4n) is 12.5. The lowest BCUT2D eigenvalue weighted by Gasteiger charge is -2.33. The summed E-state index contributed by atoms with van der Waals surface area (Å²) < 4.78 is 67.2. The molecule has 3 aromatic rings. The van der Waals surface area contributed by atoms with Crippen LogP contribution >= 0.6 is 141 Å². The second-order valence-electron chi connectivity index (χ2n) is 23.3. The van der Waals surface area contributed by atoms with Gasteiger partial charge in [-0.2, -0.15) is 0 Å². The fraction of sp³-hybridized carbons (Fsp3) is 0.672. The van der Waals surface area contributed by atoms with Gasteiger partial charge in [-0.3, -0.25) is 0 Å². The smallest absolute Gasteiger partial charge is 0.338 e. The number of methoxy groups -OCH3 is 12. The first-order valence-electron chi connectivity index (χ1n) is 30.9. The van der Waals surface area contributed by atoms with E-state index < -0.39 is 48.3 Å². The summed E-state index contributed by atoms with van der Waals surface area (Å²) in [6.07, 6.45) is 6.46. The Morgan fingerprint density at radius 2 is 0.362 bits per heavy atom. The van der Waals surface area contributed by atoms with Crippen LogP contribution in [0.4, 0.5) is 0 Å². The van der Waals surface area contributed by atoms with Gasteiger partial charge in [-0.05, 0) is 93.7 Å². The molecule has 0 spiro atoms. The molecular formula is C64H88O18S12. The minimum Gasteiger partial charge on any atom is -0.478 e. The molecule has 0 atom stereocenters. The van der Waals surface area contributed by atoms with Gasteiger partial charge < -0.3 is 72.2 Å². The molecule has 3 N–H and O–H groups in total. The van der Waals surface area contributed by atoms with Crippen molar-refractivity contribution in [2.75, 3.05) is 165 Å². The summed E-state index contributed by atoms with van der Waals surface area (Å²) in [5, 5.41) is 36.4. The monoisotopic (exact) mass is 1530 g/mol. The molecule has 0 aliphatic carbocycles. The lowest BCUT2D eigenvalue weighted by molar-refractivity contribution is 0.0677. The highest BCUT2D eigenvalue weighted by Gasteiger charge is 2.58. The molecule has 9 rings (SSSR count). The quantitative estimate of drug-likeness (QED) is 0.0449. The van der Waals surface area contributed by atoms with Gasteiger partial charge in [-0.15, -0.1) is 141 Å². The SMILES string of the molecule is COCCC1(CCOC)Sc2c(c(C(c3c4c(c(C(=O)O)c5c3SC(CCOC)(CCOC)S5)SC(CCOC)(CCOC)S4)c3c4c(c(C(=O)O)c5c3SC(CCOC)(CCOC)S5)SC(CCOC)(CCOC)S4)c3c(c2C(=O)O)SC(CCOC)(CCOC)S3)S1. The maximum Gasteiger partial charge on any atom is 0.338 e. The average molecular weight is 1530 g/mol. The van der Waals surface area contributed by atoms with E-state index in [2.05, 4.69) is 0 Å². The Morgan fingerprint density at radius 3 is 0.468 bits per heavy atom. The van der Waals surface area contributed by atoms with E-state index in [1.165, 1.54) is 0 Å². The molecule has 0 saturated carbocycles. The summed E-state index contributed by atoms with van der Waals surface area (Å²) in [4.78, 5) is 53.2. The number of rotatable bonds is 42. The third kappa shape index (κ3) is 16.2. The van der Waals surface area contributed by atoms with Gasteiger partial charge in [0.15, 0.2) is 0 Å². The third-order valence-corrected chi connectivity index (χ3v) is 37.9.